The number of primary sulfonamides is 1. The smallest absolute Gasteiger partial charge is 0.228 e. The van der Waals surface area contributed by atoms with E-state index in [1.165, 1.54) is 4.90 Å². The first-order chi connectivity index (χ1) is 9.17. The van der Waals surface area contributed by atoms with Crippen LogP contribution in [-0.2, 0) is 14.8 Å². The number of pyridine rings is 1. The summed E-state index contributed by atoms with van der Waals surface area (Å²) in [5, 5.41) is 5.03. The normalized spacial score (nSPS) is 19.7. The van der Waals surface area contributed by atoms with Gasteiger partial charge < -0.3 is 0 Å². The summed E-state index contributed by atoms with van der Waals surface area (Å²) >= 11 is 6.73. The fraction of sp³-hybridized carbons (Fsp3) is 0.455. The third kappa shape index (κ3) is 3.57. The maximum atomic E-state index is 12.0. The number of halogens is 2. The van der Waals surface area contributed by atoms with Gasteiger partial charge in [0.05, 0.1) is 15.9 Å². The molecule has 1 saturated heterocycles. The van der Waals surface area contributed by atoms with Crippen LogP contribution < -0.4 is 10.0 Å². The molecule has 110 valence electrons. The maximum absolute atomic E-state index is 12.0. The highest BCUT2D eigenvalue weighted by Gasteiger charge is 2.34. The van der Waals surface area contributed by atoms with Gasteiger partial charge in [-0.3, -0.25) is 9.69 Å². The average molecular weight is 427 g/mol. The zero-order valence-corrected chi connectivity index (χ0v) is 14.6. The molecule has 1 aliphatic rings. The minimum atomic E-state index is -3.58. The highest BCUT2D eigenvalue weighted by molar-refractivity contribution is 9.11. The molecule has 0 bridgehead atoms. The van der Waals surface area contributed by atoms with Gasteiger partial charge in [0.25, 0.3) is 0 Å². The van der Waals surface area contributed by atoms with Crippen LogP contribution >= 0.6 is 31.9 Å². The Morgan fingerprint density at radius 1 is 1.45 bits per heavy atom. The summed E-state index contributed by atoms with van der Waals surface area (Å²) in [7, 11) is -3.58. The lowest BCUT2D eigenvalue weighted by Crippen LogP contribution is -2.28. The van der Waals surface area contributed by atoms with Gasteiger partial charge in [-0.2, -0.15) is 0 Å². The monoisotopic (exact) mass is 425 g/mol. The molecule has 0 radical (unpaired) electrons. The fourth-order valence-electron chi connectivity index (χ4n) is 2.16. The molecule has 1 amide bonds. The summed E-state index contributed by atoms with van der Waals surface area (Å²) in [5.41, 5.74) is 0.755. The van der Waals surface area contributed by atoms with Gasteiger partial charge in [0, 0.05) is 23.4 Å². The van der Waals surface area contributed by atoms with Crippen LogP contribution in [0.25, 0.3) is 0 Å². The highest BCUT2D eigenvalue weighted by atomic mass is 79.9. The summed E-state index contributed by atoms with van der Waals surface area (Å²) in [4.78, 5) is 17.9. The van der Waals surface area contributed by atoms with Crippen molar-refractivity contribution in [3.05, 3.63) is 20.7 Å². The first-order valence-electron chi connectivity index (χ1n) is 5.81. The van der Waals surface area contributed by atoms with Crippen LogP contribution in [0.5, 0.6) is 0 Å². The van der Waals surface area contributed by atoms with Gasteiger partial charge in [-0.25, -0.2) is 18.5 Å². The van der Waals surface area contributed by atoms with Crippen molar-refractivity contribution in [2.75, 3.05) is 17.2 Å². The summed E-state index contributed by atoms with van der Waals surface area (Å²) in [5.74, 6) is -0.126. The van der Waals surface area contributed by atoms with Crippen molar-refractivity contribution in [2.45, 2.75) is 13.3 Å². The van der Waals surface area contributed by atoms with E-state index in [-0.39, 0.29) is 24.0 Å². The molecule has 1 fully saturated rings. The Kier molecular flexibility index (Phi) is 4.53. The second-order valence-corrected chi connectivity index (χ2v) is 8.13. The molecule has 2 rings (SSSR count). The fourth-order valence-corrected chi connectivity index (χ4v) is 4.20. The minimum absolute atomic E-state index is 0.145. The molecule has 1 aromatic heterocycles. The second kappa shape index (κ2) is 5.70. The Labute approximate surface area is 134 Å². The quantitative estimate of drug-likeness (QED) is 0.793. The SMILES string of the molecule is Cc1nc(N2CC(CS(N)(=O)=O)CC2=O)c(Br)cc1Br. The van der Waals surface area contributed by atoms with Gasteiger partial charge in [-0.15, -0.1) is 0 Å². The Balaban J connectivity index is 2.26. The van der Waals surface area contributed by atoms with E-state index >= 15 is 0 Å². The molecule has 1 atom stereocenters. The maximum Gasteiger partial charge on any atom is 0.228 e. The van der Waals surface area contributed by atoms with Gasteiger partial charge in [-0.1, -0.05) is 0 Å². The van der Waals surface area contributed by atoms with E-state index < -0.39 is 10.0 Å². The van der Waals surface area contributed by atoms with Crippen LogP contribution in [0.3, 0.4) is 0 Å². The number of rotatable bonds is 3. The molecule has 6 nitrogen and oxygen atoms in total. The number of aryl methyl sites for hydroxylation is 1. The number of carbonyl (C=O) groups is 1. The van der Waals surface area contributed by atoms with Gasteiger partial charge >= 0.3 is 0 Å². The number of nitrogens with two attached hydrogens (primary N) is 1. The largest absolute Gasteiger partial charge is 0.296 e. The number of sulfonamides is 1. The molecular weight excluding hydrogens is 414 g/mol. The number of anilines is 1. The number of aromatic nitrogens is 1. The predicted molar refractivity (Wildman–Crippen MR) is 82.8 cm³/mol. The molecule has 0 aromatic carbocycles. The van der Waals surface area contributed by atoms with Crippen molar-refractivity contribution in [3.63, 3.8) is 0 Å². The Morgan fingerprint density at radius 2 is 2.10 bits per heavy atom. The summed E-state index contributed by atoms with van der Waals surface area (Å²) in [6.07, 6.45) is 0.166. The van der Waals surface area contributed by atoms with E-state index in [1.807, 2.05) is 13.0 Å². The van der Waals surface area contributed by atoms with Crippen LogP contribution in [0.15, 0.2) is 15.0 Å². The van der Waals surface area contributed by atoms with Crippen molar-refractivity contribution in [3.8, 4) is 0 Å². The standard InChI is InChI=1S/C11H13Br2N3O3S/c1-6-8(12)3-9(13)11(15-6)16-4-7(2-10(16)17)5-20(14,18)19/h3,7H,2,4-5H2,1H3,(H2,14,18,19). The van der Waals surface area contributed by atoms with E-state index in [0.29, 0.717) is 16.8 Å². The van der Waals surface area contributed by atoms with E-state index in [1.54, 1.807) is 0 Å². The lowest BCUT2D eigenvalue weighted by Gasteiger charge is -2.18. The lowest BCUT2D eigenvalue weighted by atomic mass is 10.1. The molecule has 9 heteroatoms. The van der Waals surface area contributed by atoms with Gasteiger partial charge in [0.2, 0.25) is 15.9 Å². The van der Waals surface area contributed by atoms with Crippen LogP contribution in [0.1, 0.15) is 12.1 Å². The molecule has 20 heavy (non-hydrogen) atoms. The summed E-state index contributed by atoms with van der Waals surface area (Å²) in [6.45, 7) is 2.13. The second-order valence-electron chi connectivity index (χ2n) is 4.77. The van der Waals surface area contributed by atoms with E-state index in [4.69, 9.17) is 5.14 Å². The summed E-state index contributed by atoms with van der Waals surface area (Å²) in [6, 6.07) is 1.82. The molecule has 0 aliphatic carbocycles. The number of hydrogen-bond acceptors (Lipinski definition) is 4. The zero-order valence-electron chi connectivity index (χ0n) is 10.6. The van der Waals surface area contributed by atoms with Crippen molar-refractivity contribution in [1.29, 1.82) is 0 Å². The van der Waals surface area contributed by atoms with E-state index in [9.17, 15) is 13.2 Å². The molecule has 2 heterocycles. The van der Waals surface area contributed by atoms with Crippen LogP contribution in [0.4, 0.5) is 5.82 Å². The average Bonchev–Trinajstić information content (AvgIpc) is 2.62. The zero-order chi connectivity index (χ0) is 15.1. The van der Waals surface area contributed by atoms with Gasteiger partial charge in [-0.05, 0) is 44.8 Å². The van der Waals surface area contributed by atoms with Crippen molar-refractivity contribution in [1.82, 2.24) is 4.98 Å². The van der Waals surface area contributed by atoms with Crippen LogP contribution in [0.2, 0.25) is 0 Å². The van der Waals surface area contributed by atoms with Crippen molar-refractivity contribution in [2.24, 2.45) is 11.1 Å². The minimum Gasteiger partial charge on any atom is -0.296 e. The van der Waals surface area contributed by atoms with Crippen molar-refractivity contribution >= 4 is 53.6 Å². The molecule has 1 aromatic rings. The van der Waals surface area contributed by atoms with Gasteiger partial charge in [0.1, 0.15) is 5.82 Å². The predicted octanol–water partition coefficient (Wildman–Crippen LogP) is 1.56. The Bertz CT molecular complexity index is 663. The third-order valence-corrected chi connectivity index (χ3v) is 5.34. The number of amides is 1. The Hall–Kier alpha value is -0.510. The number of carbonyl (C=O) groups excluding carboxylic acids is 1. The van der Waals surface area contributed by atoms with E-state index in [0.717, 1.165) is 10.2 Å². The molecule has 1 unspecified atom stereocenters. The number of hydrogen-bond donors (Lipinski definition) is 1. The molecule has 1 aliphatic heterocycles. The first kappa shape index (κ1) is 15.9. The third-order valence-electron chi connectivity index (χ3n) is 3.02. The lowest BCUT2D eigenvalue weighted by molar-refractivity contribution is -0.117. The first-order valence-corrected chi connectivity index (χ1v) is 9.11. The highest BCUT2D eigenvalue weighted by Crippen LogP contribution is 2.33. The molecule has 2 N–H and O–H groups in total. The molecular formula is C11H13Br2N3O3S. The molecule has 0 spiro atoms. The number of nitrogens with zero attached hydrogens (tertiary/aromatic N) is 2. The van der Waals surface area contributed by atoms with Crippen LogP contribution in [-0.4, -0.2) is 31.6 Å². The summed E-state index contributed by atoms with van der Waals surface area (Å²) < 4.78 is 23.8. The topological polar surface area (TPSA) is 93.4 Å². The Morgan fingerprint density at radius 3 is 2.70 bits per heavy atom. The van der Waals surface area contributed by atoms with Crippen molar-refractivity contribution < 1.29 is 13.2 Å². The van der Waals surface area contributed by atoms with Crippen LogP contribution in [0, 0.1) is 12.8 Å². The molecule has 0 saturated carbocycles. The van der Waals surface area contributed by atoms with E-state index in [2.05, 4.69) is 36.8 Å². The van der Waals surface area contributed by atoms with Gasteiger partial charge in [0.15, 0.2) is 0 Å².